The Bertz CT molecular complexity index is 151. The summed E-state index contributed by atoms with van der Waals surface area (Å²) in [6.07, 6.45) is 0. The van der Waals surface area contributed by atoms with Crippen molar-refractivity contribution in [2.75, 3.05) is 0 Å². The van der Waals surface area contributed by atoms with Gasteiger partial charge in [0.25, 0.3) is 0 Å². The molecule has 0 aromatic rings. The third-order valence-corrected chi connectivity index (χ3v) is 18.6. The van der Waals surface area contributed by atoms with E-state index < -0.39 is 15.8 Å². The van der Waals surface area contributed by atoms with Crippen molar-refractivity contribution >= 4 is 37.1 Å². The zero-order valence-corrected chi connectivity index (χ0v) is 10.4. The third kappa shape index (κ3) is 1.75. The van der Waals surface area contributed by atoms with Crippen LogP contribution >= 0.6 is 32.6 Å². The third-order valence-electron chi connectivity index (χ3n) is 1.78. The number of nitrogens with two attached hydrogens (primary N) is 4. The van der Waals surface area contributed by atoms with Crippen LogP contribution in [0.4, 0.5) is 0 Å². The molecule has 4 atom stereocenters. The van der Waals surface area contributed by atoms with Gasteiger partial charge in [0.05, 0.1) is 0 Å². The molecule has 0 aromatic carbocycles. The Morgan fingerprint density at radius 3 is 1.55 bits per heavy atom. The van der Waals surface area contributed by atoms with Crippen molar-refractivity contribution < 1.29 is 0 Å². The Hall–Kier alpha value is 1.17. The molecule has 0 saturated carbocycles. The van der Waals surface area contributed by atoms with Crippen LogP contribution in [0, 0.1) is 0 Å². The Balaban J connectivity index is 2.76. The standard InChI is InChI=1S/C5H14I2N4/c1-6-7-4(10)2(8)3(9)5(7)11/h2-5H,1,8-11H2. The van der Waals surface area contributed by atoms with Crippen molar-refractivity contribution in [1.29, 1.82) is 0 Å². The Labute approximate surface area is 79.6 Å². The summed E-state index contributed by atoms with van der Waals surface area (Å²) in [5.74, 6) is 0. The van der Waals surface area contributed by atoms with Gasteiger partial charge >= 0.3 is 80.2 Å². The van der Waals surface area contributed by atoms with E-state index in [0.717, 1.165) is 0 Å². The van der Waals surface area contributed by atoms with Gasteiger partial charge in [0.2, 0.25) is 0 Å². The van der Waals surface area contributed by atoms with E-state index in [1.807, 2.05) is 0 Å². The molecule has 1 aliphatic rings. The second-order valence-electron chi connectivity index (χ2n) is 2.44. The molecular weight excluding hydrogens is 370 g/mol. The van der Waals surface area contributed by atoms with Crippen LogP contribution in [-0.4, -0.2) is 24.7 Å². The summed E-state index contributed by atoms with van der Waals surface area (Å²) in [6.45, 7) is 0. The van der Waals surface area contributed by atoms with Gasteiger partial charge in [-0.05, 0) is 0 Å². The number of rotatable bonds is 1. The van der Waals surface area contributed by atoms with Crippen molar-refractivity contribution in [3.63, 3.8) is 0 Å². The van der Waals surface area contributed by atoms with E-state index in [4.69, 9.17) is 22.9 Å². The van der Waals surface area contributed by atoms with E-state index in [1.54, 1.807) is 0 Å². The van der Waals surface area contributed by atoms with E-state index in [0.29, 0.717) is 0 Å². The molecule has 0 radical (unpaired) electrons. The number of hydrogen-bond acceptors (Lipinski definition) is 4. The minimum atomic E-state index is -1.23. The van der Waals surface area contributed by atoms with Crippen LogP contribution in [0.25, 0.3) is 0 Å². The summed E-state index contributed by atoms with van der Waals surface area (Å²) in [7, 11) is 0. The zero-order chi connectivity index (χ0) is 8.59. The first kappa shape index (κ1) is 10.3. The molecule has 0 amide bonds. The summed E-state index contributed by atoms with van der Waals surface area (Å²) in [5, 5.41) is 0. The summed E-state index contributed by atoms with van der Waals surface area (Å²) >= 11 is -1.27. The van der Waals surface area contributed by atoms with Crippen molar-refractivity contribution in [2.24, 2.45) is 22.9 Å². The molecular formula is C5H14I2N4. The predicted molar refractivity (Wildman–Crippen MR) is 67.1 cm³/mol. The molecule has 1 fully saturated rings. The van der Waals surface area contributed by atoms with Gasteiger partial charge in [0.15, 0.2) is 0 Å². The normalized spacial score (nSPS) is 48.2. The first-order valence-electron chi connectivity index (χ1n) is 3.18. The van der Waals surface area contributed by atoms with Gasteiger partial charge in [-0.15, -0.1) is 0 Å². The van der Waals surface area contributed by atoms with Crippen molar-refractivity contribution in [1.82, 2.24) is 0 Å². The van der Waals surface area contributed by atoms with Crippen LogP contribution in [0.5, 0.6) is 0 Å². The van der Waals surface area contributed by atoms with Crippen LogP contribution in [0.3, 0.4) is 0 Å². The van der Waals surface area contributed by atoms with Crippen molar-refractivity contribution in [3.8, 4) is 0 Å². The SMILES string of the molecule is C=II1C(N)C(N)C(N)C1N. The fraction of sp³-hybridized carbons (Fsp3) is 0.800. The number of hydrogen-bond donors (Lipinski definition) is 4. The molecule has 0 spiro atoms. The van der Waals surface area contributed by atoms with E-state index in [2.05, 4.69) is 4.51 Å². The molecule has 1 heterocycles. The minimum absolute atomic E-state index is 0.0343. The summed E-state index contributed by atoms with van der Waals surface area (Å²) in [5.41, 5.74) is 23.3. The first-order valence-corrected chi connectivity index (χ1v) is 13.5. The summed E-state index contributed by atoms with van der Waals surface area (Å²) in [6, 6.07) is -0.145. The Kier molecular flexibility index (Phi) is 3.65. The van der Waals surface area contributed by atoms with Crippen LogP contribution < -0.4 is 22.9 Å². The quantitative estimate of drug-likeness (QED) is 0.266. The topological polar surface area (TPSA) is 104 Å². The molecule has 1 saturated heterocycles. The van der Waals surface area contributed by atoms with Crippen molar-refractivity contribution in [2.45, 2.75) is 20.2 Å². The van der Waals surface area contributed by atoms with Gasteiger partial charge in [-0.1, -0.05) is 0 Å². The predicted octanol–water partition coefficient (Wildman–Crippen LogP) is -0.952. The van der Waals surface area contributed by atoms with Gasteiger partial charge < -0.3 is 0 Å². The average Bonchev–Trinajstić information content (AvgIpc) is 2.17. The summed E-state index contributed by atoms with van der Waals surface area (Å²) < 4.78 is 4.19. The maximum absolute atomic E-state index is 5.89. The zero-order valence-electron chi connectivity index (χ0n) is 6.08. The molecule has 68 valence electrons. The molecule has 4 nitrogen and oxygen atoms in total. The molecule has 1 rings (SSSR count). The van der Waals surface area contributed by atoms with Gasteiger partial charge in [-0.2, -0.15) is 0 Å². The average molecular weight is 384 g/mol. The molecule has 0 aromatic heterocycles. The fourth-order valence-corrected chi connectivity index (χ4v) is 14.6. The Morgan fingerprint density at radius 2 is 1.36 bits per heavy atom. The molecule has 4 unspecified atom stereocenters. The number of halogens is 2. The number of alkyl halides is 2. The van der Waals surface area contributed by atoms with Gasteiger partial charge in [-0.25, -0.2) is 0 Å². The fourth-order valence-electron chi connectivity index (χ4n) is 1.01. The van der Waals surface area contributed by atoms with Crippen LogP contribution in [0.15, 0.2) is 0 Å². The van der Waals surface area contributed by atoms with Crippen LogP contribution in [0.1, 0.15) is 0 Å². The molecule has 11 heavy (non-hydrogen) atoms. The monoisotopic (exact) mass is 384 g/mol. The van der Waals surface area contributed by atoms with Crippen molar-refractivity contribution in [3.05, 3.63) is 0 Å². The van der Waals surface area contributed by atoms with Gasteiger partial charge in [0, 0.05) is 0 Å². The van der Waals surface area contributed by atoms with Crippen LogP contribution in [0.2, 0.25) is 0 Å². The van der Waals surface area contributed by atoms with E-state index in [-0.39, 0.29) is 36.9 Å². The Morgan fingerprint density at radius 1 is 1.00 bits per heavy atom. The molecule has 8 N–H and O–H groups in total. The van der Waals surface area contributed by atoms with Gasteiger partial charge in [-0.3, -0.25) is 0 Å². The second-order valence-corrected chi connectivity index (χ2v) is 17.7. The maximum atomic E-state index is 5.89. The second kappa shape index (κ2) is 3.92. The van der Waals surface area contributed by atoms with E-state index >= 15 is 0 Å². The molecule has 6 heteroatoms. The van der Waals surface area contributed by atoms with E-state index in [9.17, 15) is 0 Å². The van der Waals surface area contributed by atoms with Gasteiger partial charge in [0.1, 0.15) is 0 Å². The van der Waals surface area contributed by atoms with Crippen LogP contribution in [-0.2, 0) is 0 Å². The van der Waals surface area contributed by atoms with E-state index in [1.165, 1.54) is 0 Å². The molecule has 0 aliphatic carbocycles. The first-order chi connectivity index (χ1) is 5.09. The molecule has 0 bridgehead atoms. The summed E-state index contributed by atoms with van der Waals surface area (Å²) in [4.78, 5) is 0. The molecule has 1 aliphatic heterocycles.